The Balaban J connectivity index is 1.75. The summed E-state index contributed by atoms with van der Waals surface area (Å²) >= 11 is 0. The van der Waals surface area contributed by atoms with Gasteiger partial charge in [-0.2, -0.15) is 0 Å². The van der Waals surface area contributed by atoms with E-state index in [9.17, 15) is 9.18 Å². The van der Waals surface area contributed by atoms with Crippen LogP contribution in [0.4, 0.5) is 4.39 Å². The van der Waals surface area contributed by atoms with Crippen molar-refractivity contribution in [3.63, 3.8) is 0 Å². The quantitative estimate of drug-likeness (QED) is 0.800. The number of carbonyl (C=O) groups excluding carboxylic acids is 1. The third-order valence-corrected chi connectivity index (χ3v) is 3.71. The van der Waals surface area contributed by atoms with Crippen molar-refractivity contribution in [2.75, 3.05) is 26.8 Å². The first-order valence-electron chi connectivity index (χ1n) is 7.09. The van der Waals surface area contributed by atoms with Crippen molar-refractivity contribution < 1.29 is 13.9 Å². The van der Waals surface area contributed by atoms with E-state index >= 15 is 0 Å². The van der Waals surface area contributed by atoms with Crippen molar-refractivity contribution >= 4 is 5.91 Å². The second kappa shape index (κ2) is 6.84. The van der Waals surface area contributed by atoms with Crippen LogP contribution in [-0.2, 0) is 16.0 Å². The van der Waals surface area contributed by atoms with Crippen LogP contribution in [0.25, 0.3) is 0 Å². The SMILES string of the molecule is COCC1CN(C(=O)CC(C)Cc2cccc(F)c2)C1. The minimum absolute atomic E-state index is 0.196. The summed E-state index contributed by atoms with van der Waals surface area (Å²) in [6.45, 7) is 4.37. The van der Waals surface area contributed by atoms with Crippen LogP contribution >= 0.6 is 0 Å². The molecule has 0 aliphatic carbocycles. The standard InChI is InChI=1S/C16H22FNO2/c1-12(6-13-4-3-5-15(17)8-13)7-16(19)18-9-14(10-18)11-20-2/h3-5,8,12,14H,6-7,9-11H2,1-2H3. The Morgan fingerprint density at radius 2 is 2.25 bits per heavy atom. The lowest BCUT2D eigenvalue weighted by molar-refractivity contribution is -0.139. The Kier molecular flexibility index (Phi) is 5.12. The van der Waals surface area contributed by atoms with Gasteiger partial charge in [-0.05, 0) is 30.0 Å². The zero-order valence-corrected chi connectivity index (χ0v) is 12.1. The van der Waals surface area contributed by atoms with Gasteiger partial charge >= 0.3 is 0 Å². The molecular weight excluding hydrogens is 257 g/mol. The second-order valence-electron chi connectivity index (χ2n) is 5.76. The molecule has 1 amide bonds. The molecule has 0 spiro atoms. The molecule has 3 nitrogen and oxygen atoms in total. The maximum absolute atomic E-state index is 13.1. The average molecular weight is 279 g/mol. The topological polar surface area (TPSA) is 29.5 Å². The van der Waals surface area contributed by atoms with Crippen LogP contribution in [0.2, 0.25) is 0 Å². The number of hydrogen-bond donors (Lipinski definition) is 0. The molecule has 1 saturated heterocycles. The molecule has 1 atom stereocenters. The summed E-state index contributed by atoms with van der Waals surface area (Å²) in [5.74, 6) is 0.695. The van der Waals surface area contributed by atoms with E-state index in [0.717, 1.165) is 31.7 Å². The number of carbonyl (C=O) groups is 1. The fourth-order valence-corrected chi connectivity index (χ4v) is 2.68. The van der Waals surface area contributed by atoms with Crippen LogP contribution in [-0.4, -0.2) is 37.6 Å². The number of rotatable bonds is 6. The normalized spacial score (nSPS) is 16.9. The van der Waals surface area contributed by atoms with Crippen LogP contribution in [0.1, 0.15) is 18.9 Å². The maximum Gasteiger partial charge on any atom is 0.222 e. The molecule has 1 heterocycles. The molecular formula is C16H22FNO2. The third kappa shape index (κ3) is 4.04. The van der Waals surface area contributed by atoms with Crippen LogP contribution < -0.4 is 0 Å². The number of benzene rings is 1. The van der Waals surface area contributed by atoms with E-state index < -0.39 is 0 Å². The van der Waals surface area contributed by atoms with Crippen LogP contribution in [0.15, 0.2) is 24.3 Å². The summed E-state index contributed by atoms with van der Waals surface area (Å²) in [4.78, 5) is 13.9. The van der Waals surface area contributed by atoms with Crippen LogP contribution in [0.5, 0.6) is 0 Å². The number of nitrogens with zero attached hydrogens (tertiary/aromatic N) is 1. The highest BCUT2D eigenvalue weighted by Gasteiger charge is 2.30. The first-order valence-corrected chi connectivity index (χ1v) is 7.09. The molecule has 0 aromatic heterocycles. The molecule has 1 aliphatic rings. The number of methoxy groups -OCH3 is 1. The van der Waals surface area contributed by atoms with E-state index in [2.05, 4.69) is 0 Å². The number of ether oxygens (including phenoxy) is 1. The maximum atomic E-state index is 13.1. The van der Waals surface area contributed by atoms with Gasteiger partial charge in [-0.3, -0.25) is 4.79 Å². The predicted octanol–water partition coefficient (Wildman–Crippen LogP) is 2.50. The van der Waals surface area contributed by atoms with E-state index in [1.807, 2.05) is 17.9 Å². The predicted molar refractivity (Wildman–Crippen MR) is 75.8 cm³/mol. The highest BCUT2D eigenvalue weighted by Crippen LogP contribution is 2.20. The number of amides is 1. The molecule has 1 aromatic carbocycles. The first kappa shape index (κ1) is 15.0. The van der Waals surface area contributed by atoms with Gasteiger partial charge in [0.1, 0.15) is 5.82 Å². The van der Waals surface area contributed by atoms with E-state index in [1.165, 1.54) is 6.07 Å². The Hall–Kier alpha value is -1.42. The zero-order valence-electron chi connectivity index (χ0n) is 12.1. The molecule has 2 rings (SSSR count). The number of halogens is 1. The molecule has 0 bridgehead atoms. The largest absolute Gasteiger partial charge is 0.384 e. The van der Waals surface area contributed by atoms with Gasteiger partial charge in [0.05, 0.1) is 6.61 Å². The Morgan fingerprint density at radius 1 is 1.50 bits per heavy atom. The van der Waals surface area contributed by atoms with Crippen molar-refractivity contribution in [1.29, 1.82) is 0 Å². The van der Waals surface area contributed by atoms with Crippen molar-refractivity contribution in [3.05, 3.63) is 35.6 Å². The highest BCUT2D eigenvalue weighted by atomic mass is 19.1. The van der Waals surface area contributed by atoms with Crippen LogP contribution in [0, 0.1) is 17.7 Å². The first-order chi connectivity index (χ1) is 9.58. The number of hydrogen-bond acceptors (Lipinski definition) is 2. The monoisotopic (exact) mass is 279 g/mol. The smallest absolute Gasteiger partial charge is 0.222 e. The molecule has 20 heavy (non-hydrogen) atoms. The summed E-state index contributed by atoms with van der Waals surface area (Å²) in [7, 11) is 1.69. The van der Waals surface area contributed by atoms with Gasteiger partial charge in [0, 0.05) is 32.5 Å². The highest BCUT2D eigenvalue weighted by molar-refractivity contribution is 5.77. The molecule has 1 fully saturated rings. The van der Waals surface area contributed by atoms with E-state index in [-0.39, 0.29) is 17.6 Å². The van der Waals surface area contributed by atoms with Gasteiger partial charge in [0.15, 0.2) is 0 Å². The van der Waals surface area contributed by atoms with Gasteiger partial charge in [0.2, 0.25) is 5.91 Å². The molecule has 0 N–H and O–H groups in total. The fraction of sp³-hybridized carbons (Fsp3) is 0.562. The molecule has 1 aliphatic heterocycles. The van der Waals surface area contributed by atoms with E-state index in [4.69, 9.17) is 4.74 Å². The summed E-state index contributed by atoms with van der Waals surface area (Å²) < 4.78 is 18.2. The molecule has 110 valence electrons. The Morgan fingerprint density at radius 3 is 2.90 bits per heavy atom. The van der Waals surface area contributed by atoms with Crippen molar-refractivity contribution in [2.24, 2.45) is 11.8 Å². The van der Waals surface area contributed by atoms with Crippen molar-refractivity contribution in [3.8, 4) is 0 Å². The minimum Gasteiger partial charge on any atom is -0.384 e. The Labute approximate surface area is 119 Å². The summed E-state index contributed by atoms with van der Waals surface area (Å²) in [5, 5.41) is 0. The zero-order chi connectivity index (χ0) is 14.5. The molecule has 1 aromatic rings. The molecule has 1 unspecified atom stereocenters. The third-order valence-electron chi connectivity index (χ3n) is 3.71. The lowest BCUT2D eigenvalue weighted by atomic mass is 9.95. The second-order valence-corrected chi connectivity index (χ2v) is 5.76. The summed E-state index contributed by atoms with van der Waals surface area (Å²) in [6.07, 6.45) is 1.26. The minimum atomic E-state index is -0.217. The van der Waals surface area contributed by atoms with Gasteiger partial charge in [-0.25, -0.2) is 4.39 Å². The molecule has 4 heteroatoms. The van der Waals surface area contributed by atoms with Crippen molar-refractivity contribution in [1.82, 2.24) is 4.90 Å². The van der Waals surface area contributed by atoms with E-state index in [0.29, 0.717) is 12.3 Å². The van der Waals surface area contributed by atoms with Gasteiger partial charge in [-0.1, -0.05) is 19.1 Å². The fourth-order valence-electron chi connectivity index (χ4n) is 2.68. The Bertz CT molecular complexity index is 458. The lowest BCUT2D eigenvalue weighted by Gasteiger charge is -2.39. The van der Waals surface area contributed by atoms with Gasteiger partial charge < -0.3 is 9.64 Å². The van der Waals surface area contributed by atoms with E-state index in [1.54, 1.807) is 19.2 Å². The average Bonchev–Trinajstić information content (AvgIpc) is 2.32. The summed E-state index contributed by atoms with van der Waals surface area (Å²) in [6, 6.07) is 6.60. The van der Waals surface area contributed by atoms with Gasteiger partial charge in [-0.15, -0.1) is 0 Å². The van der Waals surface area contributed by atoms with Crippen molar-refractivity contribution in [2.45, 2.75) is 19.8 Å². The van der Waals surface area contributed by atoms with Crippen LogP contribution in [0.3, 0.4) is 0 Å². The number of likely N-dealkylation sites (tertiary alicyclic amines) is 1. The summed E-state index contributed by atoms with van der Waals surface area (Å²) in [5.41, 5.74) is 0.950. The van der Waals surface area contributed by atoms with Gasteiger partial charge in [0.25, 0.3) is 0 Å². The lowest BCUT2D eigenvalue weighted by Crippen LogP contribution is -2.51. The molecule has 0 radical (unpaired) electrons. The molecule has 0 saturated carbocycles.